The average Bonchev–Trinajstić information content (AvgIpc) is 2.20. The highest BCUT2D eigenvalue weighted by molar-refractivity contribution is 8.03. The molecule has 1 aromatic carbocycles. The number of benzene rings is 1. The largest absolute Gasteiger partial charge is 0.0990 e. The molecule has 1 heteroatoms. The molecule has 1 rings (SSSR count). The van der Waals surface area contributed by atoms with Gasteiger partial charge in [0.2, 0.25) is 0 Å². The van der Waals surface area contributed by atoms with Gasteiger partial charge in [-0.25, -0.2) is 0 Å². The fourth-order valence-corrected chi connectivity index (χ4v) is 2.25. The second-order valence-corrected chi connectivity index (χ2v) is 4.23. The van der Waals surface area contributed by atoms with E-state index in [9.17, 15) is 0 Å². The van der Waals surface area contributed by atoms with Crippen molar-refractivity contribution in [3.63, 3.8) is 0 Å². The van der Waals surface area contributed by atoms with Gasteiger partial charge in [-0.1, -0.05) is 62.0 Å². The summed E-state index contributed by atoms with van der Waals surface area (Å²) in [5.74, 6) is 0. The predicted molar refractivity (Wildman–Crippen MR) is 65.5 cm³/mol. The fourth-order valence-electron chi connectivity index (χ4n) is 1.19. The Labute approximate surface area is 90.7 Å². The van der Waals surface area contributed by atoms with Crippen LogP contribution in [0.4, 0.5) is 0 Å². The predicted octanol–water partition coefficient (Wildman–Crippen LogP) is 4.65. The van der Waals surface area contributed by atoms with Crippen LogP contribution < -0.4 is 0 Å². The van der Waals surface area contributed by atoms with Gasteiger partial charge in [0.15, 0.2) is 0 Å². The second kappa shape index (κ2) is 6.50. The Morgan fingerprint density at radius 1 is 1.36 bits per heavy atom. The standard InChI is InChI=1S/C13H16S/c1-3-8-12(9-4-2)14-13-10-6-5-7-11-13/h3,5-8,10-11H,1,4,9H2,2H3/b12-8-. The van der Waals surface area contributed by atoms with Gasteiger partial charge in [0.1, 0.15) is 0 Å². The monoisotopic (exact) mass is 204 g/mol. The van der Waals surface area contributed by atoms with Crippen LogP contribution in [0.2, 0.25) is 0 Å². The quantitative estimate of drug-likeness (QED) is 0.497. The molecule has 0 saturated carbocycles. The summed E-state index contributed by atoms with van der Waals surface area (Å²) in [6.07, 6.45) is 6.27. The first-order valence-electron chi connectivity index (χ1n) is 4.91. The zero-order valence-corrected chi connectivity index (χ0v) is 9.39. The maximum absolute atomic E-state index is 3.73. The van der Waals surface area contributed by atoms with Crippen LogP contribution in [0, 0.1) is 0 Å². The Hall–Kier alpha value is -0.950. The summed E-state index contributed by atoms with van der Waals surface area (Å²) in [4.78, 5) is 2.68. The van der Waals surface area contributed by atoms with Crippen LogP contribution in [0.25, 0.3) is 0 Å². The van der Waals surface area contributed by atoms with Crippen LogP contribution in [-0.2, 0) is 0 Å². The molecule has 0 aliphatic carbocycles. The molecule has 0 spiro atoms. The Kier molecular flexibility index (Phi) is 5.16. The summed E-state index contributed by atoms with van der Waals surface area (Å²) in [6, 6.07) is 10.5. The molecule has 0 nitrogen and oxygen atoms in total. The van der Waals surface area contributed by atoms with Crippen molar-refractivity contribution in [1.82, 2.24) is 0 Å². The molecule has 0 fully saturated rings. The summed E-state index contributed by atoms with van der Waals surface area (Å²) in [5.41, 5.74) is 0. The van der Waals surface area contributed by atoms with Crippen LogP contribution in [0.5, 0.6) is 0 Å². The Morgan fingerprint density at radius 2 is 2.07 bits per heavy atom. The van der Waals surface area contributed by atoms with Crippen molar-refractivity contribution in [1.29, 1.82) is 0 Å². The zero-order chi connectivity index (χ0) is 10.2. The summed E-state index contributed by atoms with van der Waals surface area (Å²) < 4.78 is 0. The molecule has 0 radical (unpaired) electrons. The minimum atomic E-state index is 1.13. The van der Waals surface area contributed by atoms with Gasteiger partial charge in [-0.2, -0.15) is 0 Å². The van der Waals surface area contributed by atoms with E-state index in [0.29, 0.717) is 0 Å². The highest BCUT2D eigenvalue weighted by Crippen LogP contribution is 2.29. The van der Waals surface area contributed by atoms with Crippen molar-refractivity contribution in [2.45, 2.75) is 24.7 Å². The van der Waals surface area contributed by atoms with E-state index in [-0.39, 0.29) is 0 Å². The van der Waals surface area contributed by atoms with E-state index in [1.54, 1.807) is 0 Å². The lowest BCUT2D eigenvalue weighted by atomic mass is 10.3. The lowest BCUT2D eigenvalue weighted by Crippen LogP contribution is -1.77. The third-order valence-electron chi connectivity index (χ3n) is 1.79. The number of allylic oxidation sites excluding steroid dienone is 3. The normalized spacial score (nSPS) is 11.4. The molecule has 0 aliphatic heterocycles. The first-order valence-corrected chi connectivity index (χ1v) is 5.73. The smallest absolute Gasteiger partial charge is 0.0119 e. The minimum absolute atomic E-state index is 1.13. The molecule has 0 aliphatic rings. The fraction of sp³-hybridized carbons (Fsp3) is 0.231. The number of hydrogen-bond acceptors (Lipinski definition) is 1. The van der Waals surface area contributed by atoms with Crippen molar-refractivity contribution in [2.75, 3.05) is 0 Å². The number of rotatable bonds is 5. The molecular weight excluding hydrogens is 188 g/mol. The summed E-state index contributed by atoms with van der Waals surface area (Å²) in [6.45, 7) is 5.93. The van der Waals surface area contributed by atoms with Crippen molar-refractivity contribution in [3.05, 3.63) is 54.0 Å². The topological polar surface area (TPSA) is 0 Å². The summed E-state index contributed by atoms with van der Waals surface area (Å²) >= 11 is 1.83. The van der Waals surface area contributed by atoms with E-state index < -0.39 is 0 Å². The van der Waals surface area contributed by atoms with Crippen molar-refractivity contribution >= 4 is 11.8 Å². The Bertz CT molecular complexity index is 298. The van der Waals surface area contributed by atoms with E-state index >= 15 is 0 Å². The Balaban J connectivity index is 2.65. The molecular formula is C13H16S. The number of thioether (sulfide) groups is 1. The maximum atomic E-state index is 3.73. The highest BCUT2D eigenvalue weighted by atomic mass is 32.2. The van der Waals surface area contributed by atoms with Gasteiger partial charge in [0, 0.05) is 4.90 Å². The van der Waals surface area contributed by atoms with Gasteiger partial charge >= 0.3 is 0 Å². The molecule has 1 aromatic rings. The first kappa shape index (κ1) is 11.1. The van der Waals surface area contributed by atoms with Gasteiger partial charge in [-0.15, -0.1) is 0 Å². The molecule has 0 saturated heterocycles. The summed E-state index contributed by atoms with van der Waals surface area (Å²) in [7, 11) is 0. The molecule has 0 bridgehead atoms. The SMILES string of the molecule is C=C/C=C(/CCC)Sc1ccccc1. The number of hydrogen-bond donors (Lipinski definition) is 0. The third kappa shape index (κ3) is 3.84. The molecule has 0 aromatic heterocycles. The molecule has 14 heavy (non-hydrogen) atoms. The van der Waals surface area contributed by atoms with Crippen LogP contribution in [-0.4, -0.2) is 0 Å². The average molecular weight is 204 g/mol. The van der Waals surface area contributed by atoms with Crippen LogP contribution >= 0.6 is 11.8 Å². The van der Waals surface area contributed by atoms with E-state index in [4.69, 9.17) is 0 Å². The first-order chi connectivity index (χ1) is 6.86. The van der Waals surface area contributed by atoms with E-state index in [1.807, 2.05) is 23.9 Å². The second-order valence-electron chi connectivity index (χ2n) is 3.03. The van der Waals surface area contributed by atoms with Gasteiger partial charge in [0.25, 0.3) is 0 Å². The Morgan fingerprint density at radius 3 is 2.64 bits per heavy atom. The maximum Gasteiger partial charge on any atom is 0.0119 e. The van der Waals surface area contributed by atoms with Crippen LogP contribution in [0.3, 0.4) is 0 Å². The molecule has 0 unspecified atom stereocenters. The van der Waals surface area contributed by atoms with E-state index in [0.717, 1.165) is 6.42 Å². The van der Waals surface area contributed by atoms with Crippen molar-refractivity contribution in [3.8, 4) is 0 Å². The lowest BCUT2D eigenvalue weighted by molar-refractivity contribution is 0.947. The van der Waals surface area contributed by atoms with Gasteiger partial charge < -0.3 is 0 Å². The molecule has 0 atom stereocenters. The van der Waals surface area contributed by atoms with Crippen LogP contribution in [0.1, 0.15) is 19.8 Å². The van der Waals surface area contributed by atoms with Crippen LogP contribution in [0.15, 0.2) is 58.9 Å². The van der Waals surface area contributed by atoms with Gasteiger partial charge in [-0.05, 0) is 23.5 Å². The third-order valence-corrected chi connectivity index (χ3v) is 2.90. The van der Waals surface area contributed by atoms with E-state index in [2.05, 4.69) is 43.8 Å². The van der Waals surface area contributed by atoms with Crippen molar-refractivity contribution in [2.24, 2.45) is 0 Å². The zero-order valence-electron chi connectivity index (χ0n) is 8.57. The summed E-state index contributed by atoms with van der Waals surface area (Å²) in [5, 5.41) is 0. The molecule has 0 heterocycles. The van der Waals surface area contributed by atoms with E-state index in [1.165, 1.54) is 16.2 Å². The molecule has 0 amide bonds. The minimum Gasteiger partial charge on any atom is -0.0990 e. The van der Waals surface area contributed by atoms with Crippen molar-refractivity contribution < 1.29 is 0 Å². The van der Waals surface area contributed by atoms with Gasteiger partial charge in [-0.3, -0.25) is 0 Å². The van der Waals surface area contributed by atoms with Gasteiger partial charge in [0.05, 0.1) is 0 Å². The molecule has 0 N–H and O–H groups in total. The highest BCUT2D eigenvalue weighted by Gasteiger charge is 1.97. The molecule has 74 valence electrons. The lowest BCUT2D eigenvalue weighted by Gasteiger charge is -2.04.